The number of nitrogens with zero attached hydrogens (tertiary/aromatic N) is 2. The lowest BCUT2D eigenvalue weighted by molar-refractivity contribution is -0.385. The van der Waals surface area contributed by atoms with Crippen molar-refractivity contribution in [2.24, 2.45) is 0 Å². The molecule has 3 rings (SSSR count). The summed E-state index contributed by atoms with van der Waals surface area (Å²) < 4.78 is 50.3. The summed E-state index contributed by atoms with van der Waals surface area (Å²) in [6, 6.07) is 11.6. The fourth-order valence-electron chi connectivity index (χ4n) is 2.15. The Morgan fingerprint density at radius 2 is 1.38 bits per heavy atom. The van der Waals surface area contributed by atoms with Crippen molar-refractivity contribution in [2.75, 3.05) is 0 Å². The van der Waals surface area contributed by atoms with Gasteiger partial charge in [-0.05, 0) is 30.3 Å². The summed E-state index contributed by atoms with van der Waals surface area (Å²) >= 11 is 12.2. The van der Waals surface area contributed by atoms with Crippen LogP contribution < -0.4 is 0 Å². The monoisotopic (exact) mass is 508 g/mol. The lowest BCUT2D eigenvalue weighted by Crippen LogP contribution is -2.04. The van der Waals surface area contributed by atoms with Crippen LogP contribution in [0, 0.1) is 26.0 Å². The molecule has 0 amide bonds. The van der Waals surface area contributed by atoms with E-state index in [0.717, 1.165) is 48.2 Å². The zero-order valence-corrected chi connectivity index (χ0v) is 17.8. The Morgan fingerprint density at radius 1 is 0.812 bits per heavy atom. The summed E-state index contributed by atoms with van der Waals surface area (Å²) in [5.74, 6) is -0.655. The third-order valence-electron chi connectivity index (χ3n) is 3.63. The number of halogens is 6. The first-order valence-corrected chi connectivity index (χ1v) is 9.84. The maximum absolute atomic E-state index is 12.6. The van der Waals surface area contributed by atoms with Crippen LogP contribution in [0.4, 0.5) is 28.9 Å². The van der Waals surface area contributed by atoms with E-state index >= 15 is 0 Å². The summed E-state index contributed by atoms with van der Waals surface area (Å²) in [6.45, 7) is 0. The molecule has 13 heteroatoms. The molecule has 3 aromatic carbocycles. The van der Waals surface area contributed by atoms with E-state index in [-0.39, 0.29) is 21.4 Å². The highest BCUT2D eigenvalue weighted by molar-refractivity contribution is 7.99. The number of alkyl halides is 3. The molecule has 0 atom stereocenters. The molecular formula is C19H10Cl2F4N2O4S. The Kier molecular flexibility index (Phi) is 8.42. The van der Waals surface area contributed by atoms with Crippen LogP contribution >= 0.6 is 35.0 Å². The molecule has 0 heterocycles. The largest absolute Gasteiger partial charge is 0.416 e. The normalized spacial score (nSPS) is 10.8. The molecule has 32 heavy (non-hydrogen) atoms. The Hall–Kier alpha value is -2.89. The minimum atomic E-state index is -4.42. The SMILES string of the molecule is O=[N+]([O-])c1ccc(F)c(Cl)c1.O=[N+]([O-])c1ccc(Sc2cccc(C(F)(F)F)c2)c(Cl)c1. The average molecular weight is 509 g/mol. The highest BCUT2D eigenvalue weighted by Crippen LogP contribution is 2.38. The highest BCUT2D eigenvalue weighted by Gasteiger charge is 2.30. The fourth-order valence-corrected chi connectivity index (χ4v) is 3.49. The van der Waals surface area contributed by atoms with Crippen LogP contribution in [-0.4, -0.2) is 9.85 Å². The van der Waals surface area contributed by atoms with E-state index in [9.17, 15) is 37.8 Å². The molecular weight excluding hydrogens is 499 g/mol. The van der Waals surface area contributed by atoms with Gasteiger partial charge in [-0.3, -0.25) is 20.2 Å². The number of non-ortho nitro benzene ring substituents is 2. The standard InChI is InChI=1S/C13H7ClF3NO2S.C6H3ClFNO2/c14-11-7-9(18(19)20)4-5-12(11)21-10-3-1-2-8(6-10)13(15,16)17;7-5-3-4(9(10)11)1-2-6(5)8/h1-7H;1-3H. The van der Waals surface area contributed by atoms with Gasteiger partial charge in [0.25, 0.3) is 11.4 Å². The summed E-state index contributed by atoms with van der Waals surface area (Å²) in [6.07, 6.45) is -4.42. The predicted molar refractivity (Wildman–Crippen MR) is 112 cm³/mol. The van der Waals surface area contributed by atoms with Gasteiger partial charge in [0.15, 0.2) is 0 Å². The number of hydrogen-bond donors (Lipinski definition) is 0. The summed E-state index contributed by atoms with van der Waals surface area (Å²) in [4.78, 5) is 20.2. The first kappa shape index (κ1) is 25.4. The second-order valence-electron chi connectivity index (χ2n) is 5.86. The van der Waals surface area contributed by atoms with Gasteiger partial charge in [0.1, 0.15) is 5.82 Å². The van der Waals surface area contributed by atoms with E-state index in [1.807, 2.05) is 0 Å². The maximum atomic E-state index is 12.6. The number of nitro benzene ring substituents is 2. The topological polar surface area (TPSA) is 86.3 Å². The lowest BCUT2D eigenvalue weighted by Gasteiger charge is -2.09. The van der Waals surface area contributed by atoms with Gasteiger partial charge in [0.2, 0.25) is 0 Å². The Morgan fingerprint density at radius 3 is 1.88 bits per heavy atom. The fraction of sp³-hybridized carbons (Fsp3) is 0.0526. The predicted octanol–water partition coefficient (Wildman–Crippen LogP) is 7.81. The Bertz CT molecular complexity index is 1160. The molecule has 0 unspecified atom stereocenters. The van der Waals surface area contributed by atoms with Crippen molar-refractivity contribution in [3.8, 4) is 0 Å². The lowest BCUT2D eigenvalue weighted by atomic mass is 10.2. The number of benzene rings is 3. The minimum absolute atomic E-state index is 0.117. The van der Waals surface area contributed by atoms with E-state index in [4.69, 9.17) is 23.2 Å². The number of nitro groups is 2. The van der Waals surface area contributed by atoms with Gasteiger partial charge < -0.3 is 0 Å². The van der Waals surface area contributed by atoms with Crippen LogP contribution in [0.5, 0.6) is 0 Å². The van der Waals surface area contributed by atoms with Gasteiger partial charge >= 0.3 is 6.18 Å². The Balaban J connectivity index is 0.000000278. The van der Waals surface area contributed by atoms with Gasteiger partial charge in [-0.25, -0.2) is 4.39 Å². The number of rotatable bonds is 4. The quantitative estimate of drug-likeness (QED) is 0.204. The molecule has 0 spiro atoms. The molecule has 0 radical (unpaired) electrons. The van der Waals surface area contributed by atoms with E-state index in [1.165, 1.54) is 24.3 Å². The van der Waals surface area contributed by atoms with Crippen molar-refractivity contribution >= 4 is 46.3 Å². The van der Waals surface area contributed by atoms with Crippen LogP contribution in [-0.2, 0) is 6.18 Å². The van der Waals surface area contributed by atoms with Gasteiger partial charge in [-0.1, -0.05) is 41.0 Å². The van der Waals surface area contributed by atoms with Crippen molar-refractivity contribution in [1.29, 1.82) is 0 Å². The van der Waals surface area contributed by atoms with Gasteiger partial charge in [-0.15, -0.1) is 0 Å². The van der Waals surface area contributed by atoms with Crippen molar-refractivity contribution in [1.82, 2.24) is 0 Å². The second-order valence-corrected chi connectivity index (χ2v) is 7.78. The summed E-state index contributed by atoms with van der Waals surface area (Å²) in [5, 5.41) is 20.6. The molecule has 0 aliphatic rings. The maximum Gasteiger partial charge on any atom is 0.416 e. The minimum Gasteiger partial charge on any atom is -0.258 e. The first-order chi connectivity index (χ1) is 14.9. The molecule has 0 aliphatic heterocycles. The van der Waals surface area contributed by atoms with Crippen LogP contribution in [0.2, 0.25) is 10.0 Å². The molecule has 0 saturated heterocycles. The second kappa shape index (κ2) is 10.6. The molecule has 0 fully saturated rings. The van der Waals surface area contributed by atoms with Crippen LogP contribution in [0.25, 0.3) is 0 Å². The van der Waals surface area contributed by atoms with Gasteiger partial charge in [0.05, 0.1) is 25.5 Å². The molecule has 6 nitrogen and oxygen atoms in total. The Labute approximate surface area is 192 Å². The summed E-state index contributed by atoms with van der Waals surface area (Å²) in [7, 11) is 0. The molecule has 168 valence electrons. The molecule has 0 aliphatic carbocycles. The van der Waals surface area contributed by atoms with E-state index < -0.39 is 27.4 Å². The van der Waals surface area contributed by atoms with E-state index in [2.05, 4.69) is 0 Å². The van der Waals surface area contributed by atoms with Crippen molar-refractivity contribution in [3.63, 3.8) is 0 Å². The van der Waals surface area contributed by atoms with Crippen LogP contribution in [0.15, 0.2) is 70.5 Å². The van der Waals surface area contributed by atoms with E-state index in [0.29, 0.717) is 9.79 Å². The zero-order valence-electron chi connectivity index (χ0n) is 15.5. The molecule has 0 N–H and O–H groups in total. The molecule has 0 saturated carbocycles. The third kappa shape index (κ3) is 7.08. The third-order valence-corrected chi connectivity index (χ3v) is 5.41. The van der Waals surface area contributed by atoms with Crippen LogP contribution in [0.3, 0.4) is 0 Å². The van der Waals surface area contributed by atoms with Crippen molar-refractivity contribution < 1.29 is 27.4 Å². The first-order valence-electron chi connectivity index (χ1n) is 8.27. The summed E-state index contributed by atoms with van der Waals surface area (Å²) in [5.41, 5.74) is -1.14. The van der Waals surface area contributed by atoms with Crippen molar-refractivity contribution in [3.05, 3.63) is 102 Å². The molecule has 0 bridgehead atoms. The van der Waals surface area contributed by atoms with E-state index in [1.54, 1.807) is 0 Å². The molecule has 0 aromatic heterocycles. The zero-order chi connectivity index (χ0) is 24.1. The van der Waals surface area contributed by atoms with Gasteiger partial charge in [0, 0.05) is 34.1 Å². The number of hydrogen-bond acceptors (Lipinski definition) is 5. The van der Waals surface area contributed by atoms with Crippen LogP contribution in [0.1, 0.15) is 5.56 Å². The van der Waals surface area contributed by atoms with Crippen molar-refractivity contribution in [2.45, 2.75) is 16.0 Å². The molecule has 3 aromatic rings. The highest BCUT2D eigenvalue weighted by atomic mass is 35.5. The smallest absolute Gasteiger partial charge is 0.258 e. The average Bonchev–Trinajstić information content (AvgIpc) is 2.71. The van der Waals surface area contributed by atoms with Gasteiger partial charge in [-0.2, -0.15) is 13.2 Å².